The first kappa shape index (κ1) is 20.9. The lowest BCUT2D eigenvalue weighted by molar-refractivity contribution is -0.127. The van der Waals surface area contributed by atoms with Crippen LogP contribution in [0.25, 0.3) is 6.08 Å². The van der Waals surface area contributed by atoms with Crippen molar-refractivity contribution in [3.05, 3.63) is 40.5 Å². The lowest BCUT2D eigenvalue weighted by Crippen LogP contribution is -2.50. The van der Waals surface area contributed by atoms with Gasteiger partial charge >= 0.3 is 0 Å². The molecular formula is C21H28N4O4S. The molecule has 0 bridgehead atoms. The smallest absolute Gasteiger partial charge is 0.248 e. The maximum atomic E-state index is 12.9. The van der Waals surface area contributed by atoms with Crippen molar-refractivity contribution in [1.29, 1.82) is 0 Å². The van der Waals surface area contributed by atoms with E-state index in [4.69, 9.17) is 4.52 Å². The van der Waals surface area contributed by atoms with Crippen molar-refractivity contribution < 1.29 is 17.7 Å². The summed E-state index contributed by atoms with van der Waals surface area (Å²) in [7, 11) is -3.68. The molecule has 0 aromatic carbocycles. The Kier molecular flexibility index (Phi) is 5.36. The summed E-state index contributed by atoms with van der Waals surface area (Å²) in [4.78, 5) is 14.5. The summed E-state index contributed by atoms with van der Waals surface area (Å²) >= 11 is 0. The molecule has 0 spiro atoms. The molecule has 3 heterocycles. The molecule has 0 radical (unpaired) electrons. The topological polar surface area (TPSA) is 88.7 Å². The van der Waals surface area contributed by atoms with E-state index in [1.54, 1.807) is 24.8 Å². The van der Waals surface area contributed by atoms with E-state index in [0.29, 0.717) is 24.8 Å². The quantitative estimate of drug-likeness (QED) is 0.678. The van der Waals surface area contributed by atoms with Gasteiger partial charge in [-0.3, -0.25) is 4.79 Å². The van der Waals surface area contributed by atoms with Gasteiger partial charge in [0.05, 0.1) is 0 Å². The molecule has 2 aliphatic rings. The number of rotatable bonds is 5. The highest BCUT2D eigenvalue weighted by molar-refractivity contribution is 7.89. The molecule has 162 valence electrons. The first-order valence-electron chi connectivity index (χ1n) is 10.3. The van der Waals surface area contributed by atoms with E-state index >= 15 is 0 Å². The second-order valence-corrected chi connectivity index (χ2v) is 10.0. The van der Waals surface area contributed by atoms with E-state index in [2.05, 4.69) is 29.6 Å². The molecule has 2 fully saturated rings. The fourth-order valence-corrected chi connectivity index (χ4v) is 5.97. The van der Waals surface area contributed by atoms with Gasteiger partial charge in [-0.15, -0.1) is 0 Å². The monoisotopic (exact) mass is 432 g/mol. The van der Waals surface area contributed by atoms with Crippen LogP contribution in [0.4, 0.5) is 0 Å². The summed E-state index contributed by atoms with van der Waals surface area (Å²) in [5.41, 5.74) is 3.83. The van der Waals surface area contributed by atoms with Crippen molar-refractivity contribution in [3.63, 3.8) is 0 Å². The van der Waals surface area contributed by atoms with Crippen molar-refractivity contribution in [2.75, 3.05) is 26.2 Å². The minimum atomic E-state index is -3.68. The molecule has 2 aromatic rings. The van der Waals surface area contributed by atoms with Crippen LogP contribution in [0.3, 0.4) is 0 Å². The second-order valence-electron chi connectivity index (χ2n) is 8.14. The number of aryl methyl sites for hydroxylation is 3. The third kappa shape index (κ3) is 3.72. The number of aromatic nitrogens is 2. The fraction of sp³-hybridized carbons (Fsp3) is 0.524. The first-order valence-corrected chi connectivity index (χ1v) is 11.7. The summed E-state index contributed by atoms with van der Waals surface area (Å²) in [6.07, 6.45) is 5.91. The van der Waals surface area contributed by atoms with E-state index < -0.39 is 10.0 Å². The molecule has 9 heteroatoms. The predicted octanol–water partition coefficient (Wildman–Crippen LogP) is 2.59. The van der Waals surface area contributed by atoms with Crippen LogP contribution in [0.1, 0.15) is 47.3 Å². The maximum absolute atomic E-state index is 12.9. The van der Waals surface area contributed by atoms with Crippen LogP contribution in [0.2, 0.25) is 0 Å². The fourth-order valence-electron chi connectivity index (χ4n) is 4.25. The zero-order valence-electron chi connectivity index (χ0n) is 17.9. The molecule has 2 aromatic heterocycles. The highest BCUT2D eigenvalue weighted by Crippen LogP contribution is 2.38. The van der Waals surface area contributed by atoms with Gasteiger partial charge in [0, 0.05) is 49.7 Å². The van der Waals surface area contributed by atoms with Crippen molar-refractivity contribution in [1.82, 2.24) is 18.9 Å². The number of piperazine rings is 1. The lowest BCUT2D eigenvalue weighted by Gasteiger charge is -2.33. The number of nitrogens with zero attached hydrogens (tertiary/aromatic N) is 4. The van der Waals surface area contributed by atoms with Crippen molar-refractivity contribution in [2.24, 2.45) is 0 Å². The summed E-state index contributed by atoms with van der Waals surface area (Å²) in [5, 5.41) is 3.75. The standard InChI is InChI=1S/C21H28N4O4S/c1-14-13-18(16(3)25(14)19-6-7-19)5-8-20(26)23-9-11-24(12-10-23)30(27,28)21-15(2)22-29-17(21)4/h5,8,13,19H,6-7,9-12H2,1-4H3. The van der Waals surface area contributed by atoms with Gasteiger partial charge in [-0.05, 0) is 58.2 Å². The van der Waals surface area contributed by atoms with Crippen LogP contribution < -0.4 is 0 Å². The normalized spacial score (nSPS) is 18.5. The Bertz CT molecular complexity index is 1080. The van der Waals surface area contributed by atoms with E-state index in [1.807, 2.05) is 6.08 Å². The van der Waals surface area contributed by atoms with Crippen LogP contribution in [-0.2, 0) is 14.8 Å². The molecule has 1 aliphatic carbocycles. The van der Waals surface area contributed by atoms with Gasteiger partial charge < -0.3 is 14.0 Å². The van der Waals surface area contributed by atoms with Crippen LogP contribution in [0.5, 0.6) is 0 Å². The number of hydrogen-bond acceptors (Lipinski definition) is 5. The van der Waals surface area contributed by atoms with Crippen LogP contribution in [0, 0.1) is 27.7 Å². The molecule has 1 aliphatic heterocycles. The van der Waals surface area contributed by atoms with Crippen LogP contribution in [0.15, 0.2) is 21.6 Å². The highest BCUT2D eigenvalue weighted by atomic mass is 32.2. The number of amides is 1. The Morgan fingerprint density at radius 2 is 1.80 bits per heavy atom. The minimum absolute atomic E-state index is 0.0967. The zero-order valence-corrected chi connectivity index (χ0v) is 18.7. The highest BCUT2D eigenvalue weighted by Gasteiger charge is 2.34. The molecule has 1 saturated carbocycles. The predicted molar refractivity (Wildman–Crippen MR) is 113 cm³/mol. The number of carbonyl (C=O) groups excluding carboxylic acids is 1. The molecule has 0 unspecified atom stereocenters. The summed E-state index contributed by atoms with van der Waals surface area (Å²) in [5.74, 6) is 0.193. The Morgan fingerprint density at radius 1 is 1.13 bits per heavy atom. The zero-order chi connectivity index (χ0) is 21.6. The average molecular weight is 433 g/mol. The van der Waals surface area contributed by atoms with E-state index in [1.165, 1.54) is 28.5 Å². The van der Waals surface area contributed by atoms with Crippen molar-refractivity contribution in [3.8, 4) is 0 Å². The van der Waals surface area contributed by atoms with Gasteiger partial charge in [0.15, 0.2) is 5.76 Å². The Balaban J connectivity index is 1.40. The Morgan fingerprint density at radius 3 is 2.37 bits per heavy atom. The third-order valence-electron chi connectivity index (χ3n) is 5.96. The molecule has 8 nitrogen and oxygen atoms in total. The lowest BCUT2D eigenvalue weighted by atomic mass is 10.2. The van der Waals surface area contributed by atoms with Gasteiger partial charge in [-0.25, -0.2) is 8.42 Å². The van der Waals surface area contributed by atoms with Crippen LogP contribution in [-0.4, -0.2) is 59.4 Å². The maximum Gasteiger partial charge on any atom is 0.248 e. The molecule has 1 saturated heterocycles. The largest absolute Gasteiger partial charge is 0.360 e. The van der Waals surface area contributed by atoms with Gasteiger partial charge in [-0.1, -0.05) is 5.16 Å². The van der Waals surface area contributed by atoms with Gasteiger partial charge in [-0.2, -0.15) is 4.31 Å². The SMILES string of the molecule is Cc1noc(C)c1S(=O)(=O)N1CCN(C(=O)C=Cc2cc(C)n(C3CC3)c2C)CC1. The van der Waals surface area contributed by atoms with E-state index in [0.717, 1.165) is 5.56 Å². The molecule has 0 atom stereocenters. The summed E-state index contributed by atoms with van der Waals surface area (Å²) < 4.78 is 34.6. The van der Waals surface area contributed by atoms with Crippen molar-refractivity contribution >= 4 is 22.0 Å². The van der Waals surface area contributed by atoms with E-state index in [-0.39, 0.29) is 29.7 Å². The molecule has 30 heavy (non-hydrogen) atoms. The van der Waals surface area contributed by atoms with Crippen LogP contribution >= 0.6 is 0 Å². The molecular weight excluding hydrogens is 404 g/mol. The second kappa shape index (κ2) is 7.70. The van der Waals surface area contributed by atoms with Gasteiger partial charge in [0.1, 0.15) is 10.6 Å². The Hall–Kier alpha value is -2.39. The average Bonchev–Trinajstić information content (AvgIpc) is 3.42. The summed E-state index contributed by atoms with van der Waals surface area (Å²) in [6.45, 7) is 8.62. The molecule has 1 amide bonds. The molecule has 4 rings (SSSR count). The first-order chi connectivity index (χ1) is 14.2. The minimum Gasteiger partial charge on any atom is -0.360 e. The number of carbonyl (C=O) groups is 1. The number of hydrogen-bond donors (Lipinski definition) is 0. The van der Waals surface area contributed by atoms with Gasteiger partial charge in [0.25, 0.3) is 0 Å². The van der Waals surface area contributed by atoms with Crippen molar-refractivity contribution in [2.45, 2.75) is 51.5 Å². The third-order valence-corrected chi connectivity index (χ3v) is 8.10. The summed E-state index contributed by atoms with van der Waals surface area (Å²) in [6, 6.07) is 2.72. The molecule has 0 N–H and O–H groups in total. The number of sulfonamides is 1. The van der Waals surface area contributed by atoms with E-state index in [9.17, 15) is 13.2 Å². The Labute approximate surface area is 177 Å². The van der Waals surface area contributed by atoms with Gasteiger partial charge in [0.2, 0.25) is 15.9 Å².